The second-order valence-corrected chi connectivity index (χ2v) is 5.12. The molecular weight excluding hydrogens is 335 g/mol. The Labute approximate surface area is 142 Å². The summed E-state index contributed by atoms with van der Waals surface area (Å²) in [4.78, 5) is 19.6. The summed E-state index contributed by atoms with van der Waals surface area (Å²) < 4.78 is 45.1. The highest BCUT2D eigenvalue weighted by Crippen LogP contribution is 2.30. The third-order valence-corrected chi connectivity index (χ3v) is 3.26. The second kappa shape index (κ2) is 7.33. The molecule has 132 valence electrons. The zero-order valence-corrected chi connectivity index (χ0v) is 13.6. The number of halogens is 3. The van der Waals surface area contributed by atoms with Crippen LogP contribution in [0.15, 0.2) is 47.2 Å². The number of benzene rings is 1. The number of esters is 1. The van der Waals surface area contributed by atoms with E-state index in [1.165, 1.54) is 19.1 Å². The molecule has 1 aromatic heterocycles. The monoisotopic (exact) mass is 351 g/mol. The highest BCUT2D eigenvalue weighted by Gasteiger charge is 2.41. The largest absolute Gasteiger partial charge is 0.462 e. The Morgan fingerprint density at radius 1 is 1.40 bits per heavy atom. The van der Waals surface area contributed by atoms with Crippen LogP contribution >= 0.6 is 0 Å². The Morgan fingerprint density at radius 2 is 2.12 bits per heavy atom. The molecule has 0 saturated carbocycles. The summed E-state index contributed by atoms with van der Waals surface area (Å²) >= 11 is 0. The van der Waals surface area contributed by atoms with Gasteiger partial charge in [-0.3, -0.25) is 4.98 Å². The van der Waals surface area contributed by atoms with Gasteiger partial charge in [-0.1, -0.05) is 6.07 Å². The van der Waals surface area contributed by atoms with Crippen molar-refractivity contribution in [3.8, 4) is 0 Å². The van der Waals surface area contributed by atoms with Gasteiger partial charge < -0.3 is 10.5 Å². The molecule has 0 unspecified atom stereocenters. The quantitative estimate of drug-likeness (QED) is 0.519. The zero-order chi connectivity index (χ0) is 18.6. The summed E-state index contributed by atoms with van der Waals surface area (Å²) in [7, 11) is 0. The van der Waals surface area contributed by atoms with E-state index in [-0.39, 0.29) is 12.3 Å². The third kappa shape index (κ3) is 4.14. The molecule has 2 N–H and O–H groups in total. The molecule has 0 saturated heterocycles. The summed E-state index contributed by atoms with van der Waals surface area (Å²) in [5.74, 6) is -1.18. The van der Waals surface area contributed by atoms with E-state index in [0.717, 1.165) is 5.56 Å². The molecule has 0 fully saturated rings. The van der Waals surface area contributed by atoms with Crippen LogP contribution in [0, 0.1) is 6.92 Å². The molecule has 1 heterocycles. The SMILES string of the molecule is CCOC(=O)C(=CN)C(=Nc1cccc2ncc(C)cc12)C(F)(F)F. The van der Waals surface area contributed by atoms with E-state index in [1.54, 1.807) is 25.3 Å². The van der Waals surface area contributed by atoms with Gasteiger partial charge in [-0.05, 0) is 37.6 Å². The molecule has 0 amide bonds. The van der Waals surface area contributed by atoms with Crippen molar-refractivity contribution in [2.45, 2.75) is 20.0 Å². The van der Waals surface area contributed by atoms with Crippen LogP contribution in [0.2, 0.25) is 0 Å². The summed E-state index contributed by atoms with van der Waals surface area (Å²) in [5.41, 5.74) is 4.27. The lowest BCUT2D eigenvalue weighted by Crippen LogP contribution is -2.30. The van der Waals surface area contributed by atoms with Gasteiger partial charge in [0.1, 0.15) is 5.57 Å². The van der Waals surface area contributed by atoms with Crippen LogP contribution < -0.4 is 5.73 Å². The minimum absolute atomic E-state index is 0.0321. The van der Waals surface area contributed by atoms with Gasteiger partial charge in [0.2, 0.25) is 0 Å². The fourth-order valence-corrected chi connectivity index (χ4v) is 2.18. The number of aromatic nitrogens is 1. The van der Waals surface area contributed by atoms with Gasteiger partial charge in [-0.2, -0.15) is 13.2 Å². The van der Waals surface area contributed by atoms with Gasteiger partial charge >= 0.3 is 12.1 Å². The van der Waals surface area contributed by atoms with E-state index in [9.17, 15) is 18.0 Å². The van der Waals surface area contributed by atoms with Gasteiger partial charge in [0.25, 0.3) is 0 Å². The number of pyridine rings is 1. The first-order valence-corrected chi connectivity index (χ1v) is 7.38. The smallest absolute Gasteiger partial charge is 0.434 e. The fourth-order valence-electron chi connectivity index (χ4n) is 2.18. The van der Waals surface area contributed by atoms with Gasteiger partial charge in [0, 0.05) is 17.8 Å². The maximum atomic E-state index is 13.5. The third-order valence-electron chi connectivity index (χ3n) is 3.26. The molecule has 8 heteroatoms. The highest BCUT2D eigenvalue weighted by molar-refractivity contribution is 6.23. The molecule has 2 aromatic rings. The molecule has 0 radical (unpaired) electrons. The van der Waals surface area contributed by atoms with Crippen LogP contribution in [-0.2, 0) is 9.53 Å². The molecule has 0 bridgehead atoms. The van der Waals surface area contributed by atoms with E-state index in [1.807, 2.05) is 0 Å². The second-order valence-electron chi connectivity index (χ2n) is 5.12. The van der Waals surface area contributed by atoms with Crippen LogP contribution in [0.5, 0.6) is 0 Å². The number of ether oxygens (including phenoxy) is 1. The molecule has 0 aliphatic carbocycles. The molecule has 5 nitrogen and oxygen atoms in total. The van der Waals surface area contributed by atoms with E-state index in [2.05, 4.69) is 14.7 Å². The number of hydrogen-bond acceptors (Lipinski definition) is 5. The standard InChI is InChI=1S/C17H16F3N3O2/c1-3-25-16(24)12(8-21)15(17(18,19)20)23-14-6-4-5-13-11(14)7-10(2)9-22-13/h4-9H,3,21H2,1-2H3. The Balaban J connectivity index is 2.67. The average molecular weight is 351 g/mol. The number of hydrogen-bond donors (Lipinski definition) is 1. The number of nitrogens with two attached hydrogens (primary N) is 1. The fraction of sp³-hybridized carbons (Fsp3) is 0.235. The van der Waals surface area contributed by atoms with E-state index in [0.29, 0.717) is 17.1 Å². The van der Waals surface area contributed by atoms with Gasteiger partial charge in [0.15, 0.2) is 5.71 Å². The lowest BCUT2D eigenvalue weighted by atomic mass is 10.1. The number of rotatable bonds is 4. The van der Waals surface area contributed by atoms with Gasteiger partial charge in [0.05, 0.1) is 17.8 Å². The van der Waals surface area contributed by atoms with Crippen LogP contribution in [0.3, 0.4) is 0 Å². The van der Waals surface area contributed by atoms with Crippen molar-refractivity contribution in [3.05, 3.63) is 47.8 Å². The van der Waals surface area contributed by atoms with Crippen molar-refractivity contribution in [1.82, 2.24) is 4.98 Å². The maximum absolute atomic E-state index is 13.5. The average Bonchev–Trinajstić information content (AvgIpc) is 2.54. The number of fused-ring (bicyclic) bond motifs is 1. The van der Waals surface area contributed by atoms with Gasteiger partial charge in [-0.25, -0.2) is 9.79 Å². The summed E-state index contributed by atoms with van der Waals surface area (Å²) in [6.07, 6.45) is -2.74. The maximum Gasteiger partial charge on any atom is 0.434 e. The lowest BCUT2D eigenvalue weighted by molar-refractivity contribution is -0.138. The minimum Gasteiger partial charge on any atom is -0.462 e. The van der Waals surface area contributed by atoms with Crippen molar-refractivity contribution in [3.63, 3.8) is 0 Å². The number of aliphatic imine (C=N–C) groups is 1. The Hall–Kier alpha value is -2.90. The van der Waals surface area contributed by atoms with E-state index in [4.69, 9.17) is 5.73 Å². The number of aryl methyl sites for hydroxylation is 1. The first-order chi connectivity index (χ1) is 11.8. The number of carbonyl (C=O) groups excluding carboxylic acids is 1. The van der Waals surface area contributed by atoms with Crippen molar-refractivity contribution >= 4 is 28.3 Å². The Kier molecular flexibility index (Phi) is 5.41. The van der Waals surface area contributed by atoms with Crippen molar-refractivity contribution < 1.29 is 22.7 Å². The molecular formula is C17H16F3N3O2. The molecule has 0 spiro atoms. The first kappa shape index (κ1) is 18.4. The first-order valence-electron chi connectivity index (χ1n) is 7.38. The summed E-state index contributed by atoms with van der Waals surface area (Å²) in [6.45, 7) is 3.16. The van der Waals surface area contributed by atoms with Crippen LogP contribution in [0.1, 0.15) is 12.5 Å². The van der Waals surface area contributed by atoms with E-state index < -0.39 is 23.4 Å². The predicted octanol–water partition coefficient (Wildman–Crippen LogP) is 3.58. The topological polar surface area (TPSA) is 77.6 Å². The van der Waals surface area contributed by atoms with E-state index >= 15 is 0 Å². The van der Waals surface area contributed by atoms with Crippen molar-refractivity contribution in [1.29, 1.82) is 0 Å². The van der Waals surface area contributed by atoms with Crippen molar-refractivity contribution in [2.24, 2.45) is 10.7 Å². The molecule has 0 aliphatic rings. The number of carbonyl (C=O) groups is 1. The van der Waals surface area contributed by atoms with Crippen LogP contribution in [-0.4, -0.2) is 29.4 Å². The number of alkyl halides is 3. The Morgan fingerprint density at radius 3 is 2.72 bits per heavy atom. The molecule has 25 heavy (non-hydrogen) atoms. The normalized spacial score (nSPS) is 13.2. The summed E-state index contributed by atoms with van der Waals surface area (Å²) in [6, 6.07) is 6.28. The lowest BCUT2D eigenvalue weighted by Gasteiger charge is -2.13. The van der Waals surface area contributed by atoms with Crippen LogP contribution in [0.4, 0.5) is 18.9 Å². The minimum atomic E-state index is -4.89. The summed E-state index contributed by atoms with van der Waals surface area (Å²) in [5, 5.41) is 0.435. The van der Waals surface area contributed by atoms with Crippen LogP contribution in [0.25, 0.3) is 10.9 Å². The molecule has 0 aliphatic heterocycles. The number of nitrogens with zero attached hydrogens (tertiary/aromatic N) is 2. The van der Waals surface area contributed by atoms with Crippen molar-refractivity contribution in [2.75, 3.05) is 6.61 Å². The highest BCUT2D eigenvalue weighted by atomic mass is 19.4. The molecule has 2 rings (SSSR count). The molecule has 1 aromatic carbocycles. The predicted molar refractivity (Wildman–Crippen MR) is 88.5 cm³/mol. The van der Waals surface area contributed by atoms with Gasteiger partial charge in [-0.15, -0.1) is 0 Å². The molecule has 0 atom stereocenters. The zero-order valence-electron chi connectivity index (χ0n) is 13.6. The Bertz CT molecular complexity index is 858.